The van der Waals surface area contributed by atoms with Gasteiger partial charge in [-0.05, 0) is 36.2 Å². The largest absolute Gasteiger partial charge is 0.496 e. The molecule has 4 heteroatoms. The molecule has 1 amide bonds. The molecule has 0 aliphatic carbocycles. The number of nitrogens with two attached hydrogens (primary N) is 1. The van der Waals surface area contributed by atoms with Crippen molar-refractivity contribution in [2.45, 2.75) is 13.0 Å². The third-order valence-corrected chi connectivity index (χ3v) is 3.10. The molecule has 0 unspecified atom stereocenters. The molecule has 3 N–H and O–H groups in total. The van der Waals surface area contributed by atoms with E-state index in [1.165, 1.54) is 0 Å². The van der Waals surface area contributed by atoms with Gasteiger partial charge < -0.3 is 15.8 Å². The smallest absolute Gasteiger partial charge is 0.245 e. The Morgan fingerprint density at radius 3 is 2.50 bits per heavy atom. The molecule has 2 rings (SSSR count). The summed E-state index contributed by atoms with van der Waals surface area (Å²) in [6.45, 7) is 1.92. The Balaban J connectivity index is 2.10. The van der Waals surface area contributed by atoms with Gasteiger partial charge in [0.25, 0.3) is 0 Å². The topological polar surface area (TPSA) is 64.3 Å². The van der Waals surface area contributed by atoms with E-state index in [0.29, 0.717) is 5.69 Å². The zero-order chi connectivity index (χ0) is 14.5. The lowest BCUT2D eigenvalue weighted by Crippen LogP contribution is -2.27. The maximum absolute atomic E-state index is 12.1. The molecule has 0 saturated heterocycles. The molecule has 2 aromatic rings. The molecule has 0 heterocycles. The number of ether oxygens (including phenoxy) is 1. The average Bonchev–Trinajstić information content (AvgIpc) is 2.47. The Morgan fingerprint density at radius 1 is 1.20 bits per heavy atom. The van der Waals surface area contributed by atoms with Gasteiger partial charge in [0.15, 0.2) is 0 Å². The Bertz CT molecular complexity index is 597. The normalized spacial score (nSPS) is 11.8. The lowest BCUT2D eigenvalue weighted by Gasteiger charge is -2.13. The fourth-order valence-corrected chi connectivity index (χ4v) is 1.99. The SMILES string of the molecule is COc1ccc(NC(=O)[C@@H](N)c2ccccc2)cc1C. The number of methoxy groups -OCH3 is 1. The molecule has 1 atom stereocenters. The first-order valence-electron chi connectivity index (χ1n) is 6.38. The minimum atomic E-state index is -0.682. The van der Waals surface area contributed by atoms with Crippen LogP contribution in [0.2, 0.25) is 0 Å². The van der Waals surface area contributed by atoms with Crippen molar-refractivity contribution in [3.8, 4) is 5.75 Å². The summed E-state index contributed by atoms with van der Waals surface area (Å²) >= 11 is 0. The number of hydrogen-bond donors (Lipinski definition) is 2. The highest BCUT2D eigenvalue weighted by molar-refractivity contribution is 5.95. The van der Waals surface area contributed by atoms with Crippen molar-refractivity contribution in [3.63, 3.8) is 0 Å². The van der Waals surface area contributed by atoms with E-state index in [2.05, 4.69) is 5.32 Å². The summed E-state index contributed by atoms with van der Waals surface area (Å²) in [5.74, 6) is 0.552. The van der Waals surface area contributed by atoms with E-state index in [0.717, 1.165) is 16.9 Å². The molecule has 0 aliphatic rings. The molecule has 0 bridgehead atoms. The first-order chi connectivity index (χ1) is 9.61. The third kappa shape index (κ3) is 3.16. The summed E-state index contributed by atoms with van der Waals surface area (Å²) in [4.78, 5) is 12.1. The summed E-state index contributed by atoms with van der Waals surface area (Å²) in [6.07, 6.45) is 0. The van der Waals surface area contributed by atoms with Crippen molar-refractivity contribution in [2.24, 2.45) is 5.73 Å². The number of benzene rings is 2. The zero-order valence-electron chi connectivity index (χ0n) is 11.6. The van der Waals surface area contributed by atoms with E-state index in [9.17, 15) is 4.79 Å². The standard InChI is InChI=1S/C16H18N2O2/c1-11-10-13(8-9-14(11)20-2)18-16(19)15(17)12-6-4-3-5-7-12/h3-10,15H,17H2,1-2H3,(H,18,19)/t15-/m0/s1. The van der Waals surface area contributed by atoms with Crippen molar-refractivity contribution in [2.75, 3.05) is 12.4 Å². The molecule has 20 heavy (non-hydrogen) atoms. The van der Waals surface area contributed by atoms with Crippen molar-refractivity contribution in [1.82, 2.24) is 0 Å². The molecule has 104 valence electrons. The van der Waals surface area contributed by atoms with Crippen LogP contribution >= 0.6 is 0 Å². The van der Waals surface area contributed by atoms with Crippen molar-refractivity contribution < 1.29 is 9.53 Å². The number of carbonyl (C=O) groups is 1. The van der Waals surface area contributed by atoms with Crippen LogP contribution in [-0.2, 0) is 4.79 Å². The Hall–Kier alpha value is -2.33. The van der Waals surface area contributed by atoms with E-state index in [1.54, 1.807) is 13.2 Å². The fourth-order valence-electron chi connectivity index (χ4n) is 1.99. The van der Waals surface area contributed by atoms with Crippen LogP contribution in [0.25, 0.3) is 0 Å². The molecule has 2 aromatic carbocycles. The van der Waals surface area contributed by atoms with Crippen LogP contribution in [0.4, 0.5) is 5.69 Å². The second-order valence-corrected chi connectivity index (χ2v) is 4.56. The molecule has 0 aliphatic heterocycles. The highest BCUT2D eigenvalue weighted by Gasteiger charge is 2.15. The molecule has 4 nitrogen and oxygen atoms in total. The third-order valence-electron chi connectivity index (χ3n) is 3.10. The Labute approximate surface area is 118 Å². The number of anilines is 1. The molecule has 0 spiro atoms. The molecule has 0 aromatic heterocycles. The van der Waals surface area contributed by atoms with E-state index >= 15 is 0 Å². The van der Waals surface area contributed by atoms with Crippen LogP contribution in [-0.4, -0.2) is 13.0 Å². The van der Waals surface area contributed by atoms with Crippen LogP contribution in [0, 0.1) is 6.92 Å². The summed E-state index contributed by atoms with van der Waals surface area (Å²) in [5.41, 5.74) is 8.40. The second kappa shape index (κ2) is 6.21. The van der Waals surface area contributed by atoms with Gasteiger partial charge in [-0.1, -0.05) is 30.3 Å². The Morgan fingerprint density at radius 2 is 1.90 bits per heavy atom. The van der Waals surface area contributed by atoms with E-state index in [4.69, 9.17) is 10.5 Å². The van der Waals surface area contributed by atoms with Gasteiger partial charge in [0.2, 0.25) is 5.91 Å². The number of aryl methyl sites for hydroxylation is 1. The average molecular weight is 270 g/mol. The van der Waals surface area contributed by atoms with Crippen molar-refractivity contribution in [1.29, 1.82) is 0 Å². The van der Waals surface area contributed by atoms with E-state index in [-0.39, 0.29) is 5.91 Å². The van der Waals surface area contributed by atoms with Crippen molar-refractivity contribution >= 4 is 11.6 Å². The van der Waals surface area contributed by atoms with Gasteiger partial charge in [0.05, 0.1) is 7.11 Å². The Kier molecular flexibility index (Phi) is 4.38. The maximum atomic E-state index is 12.1. The number of carbonyl (C=O) groups excluding carboxylic acids is 1. The van der Waals surface area contributed by atoms with E-state index in [1.807, 2.05) is 49.4 Å². The van der Waals surface area contributed by atoms with Gasteiger partial charge in [-0.2, -0.15) is 0 Å². The quantitative estimate of drug-likeness (QED) is 0.897. The summed E-state index contributed by atoms with van der Waals surface area (Å²) < 4.78 is 5.18. The van der Waals surface area contributed by atoms with E-state index < -0.39 is 6.04 Å². The number of amides is 1. The second-order valence-electron chi connectivity index (χ2n) is 4.56. The highest BCUT2D eigenvalue weighted by Crippen LogP contribution is 2.22. The van der Waals surface area contributed by atoms with Gasteiger partial charge in [-0.15, -0.1) is 0 Å². The van der Waals surface area contributed by atoms with Crippen LogP contribution in [0.15, 0.2) is 48.5 Å². The predicted octanol–water partition coefficient (Wildman–Crippen LogP) is 2.64. The highest BCUT2D eigenvalue weighted by atomic mass is 16.5. The first-order valence-corrected chi connectivity index (χ1v) is 6.38. The molecule has 0 saturated carbocycles. The number of hydrogen-bond acceptors (Lipinski definition) is 3. The van der Waals surface area contributed by atoms with Gasteiger partial charge in [0.1, 0.15) is 11.8 Å². The zero-order valence-corrected chi connectivity index (χ0v) is 11.6. The van der Waals surface area contributed by atoms with Crippen LogP contribution < -0.4 is 15.8 Å². The number of rotatable bonds is 4. The predicted molar refractivity (Wildman–Crippen MR) is 79.7 cm³/mol. The lowest BCUT2D eigenvalue weighted by atomic mass is 10.1. The van der Waals surface area contributed by atoms with Gasteiger partial charge >= 0.3 is 0 Å². The van der Waals surface area contributed by atoms with Gasteiger partial charge in [-0.3, -0.25) is 4.79 Å². The van der Waals surface area contributed by atoms with Crippen LogP contribution in [0.5, 0.6) is 5.75 Å². The minimum Gasteiger partial charge on any atom is -0.496 e. The first kappa shape index (κ1) is 14.1. The van der Waals surface area contributed by atoms with Gasteiger partial charge in [-0.25, -0.2) is 0 Å². The van der Waals surface area contributed by atoms with Crippen LogP contribution in [0.3, 0.4) is 0 Å². The van der Waals surface area contributed by atoms with Gasteiger partial charge in [0, 0.05) is 5.69 Å². The summed E-state index contributed by atoms with van der Waals surface area (Å²) in [5, 5.41) is 2.81. The van der Waals surface area contributed by atoms with Crippen LogP contribution in [0.1, 0.15) is 17.2 Å². The summed E-state index contributed by atoms with van der Waals surface area (Å²) in [7, 11) is 1.62. The monoisotopic (exact) mass is 270 g/mol. The molecular weight excluding hydrogens is 252 g/mol. The molecule has 0 radical (unpaired) electrons. The lowest BCUT2D eigenvalue weighted by molar-refractivity contribution is -0.117. The minimum absolute atomic E-state index is 0.235. The molecular formula is C16H18N2O2. The summed E-state index contributed by atoms with van der Waals surface area (Å²) in [6, 6.07) is 14.1. The fraction of sp³-hybridized carbons (Fsp3) is 0.188. The maximum Gasteiger partial charge on any atom is 0.245 e. The molecule has 0 fully saturated rings. The number of nitrogens with one attached hydrogen (secondary N) is 1. The van der Waals surface area contributed by atoms with Crippen molar-refractivity contribution in [3.05, 3.63) is 59.7 Å².